The molecular weight excluding hydrogens is 314 g/mol. The molecule has 0 spiro atoms. The van der Waals surface area contributed by atoms with E-state index in [0.29, 0.717) is 16.5 Å². The van der Waals surface area contributed by atoms with Crippen molar-refractivity contribution >= 4 is 24.2 Å². The first-order valence-corrected chi connectivity index (χ1v) is 8.52. The van der Waals surface area contributed by atoms with Gasteiger partial charge < -0.3 is 5.32 Å². The number of aromatic nitrogens is 1. The number of nitrogens with zero attached hydrogens (tertiary/aromatic N) is 2. The maximum absolute atomic E-state index is 9.68. The van der Waals surface area contributed by atoms with Gasteiger partial charge in [0.2, 0.25) is 0 Å². The predicted molar refractivity (Wildman–Crippen MR) is 93.8 cm³/mol. The van der Waals surface area contributed by atoms with Crippen LogP contribution in [0.4, 0.5) is 0 Å². The number of nitriles is 1. The Hall–Kier alpha value is -1.44. The van der Waals surface area contributed by atoms with Gasteiger partial charge in [0.05, 0.1) is 11.6 Å². The first-order valence-electron chi connectivity index (χ1n) is 7.51. The van der Waals surface area contributed by atoms with Gasteiger partial charge in [0.25, 0.3) is 0 Å². The number of halogens is 1. The maximum Gasteiger partial charge on any atom is 0.133 e. The van der Waals surface area contributed by atoms with Gasteiger partial charge in [0, 0.05) is 34.8 Å². The highest BCUT2D eigenvalue weighted by Crippen LogP contribution is 2.42. The van der Waals surface area contributed by atoms with Crippen LogP contribution in [0.25, 0.3) is 0 Å². The van der Waals surface area contributed by atoms with Crippen molar-refractivity contribution in [3.63, 3.8) is 0 Å². The Kier molecular flexibility index (Phi) is 5.93. The van der Waals surface area contributed by atoms with Crippen LogP contribution in [-0.2, 0) is 0 Å². The molecule has 1 aliphatic rings. The van der Waals surface area contributed by atoms with Gasteiger partial charge in [0.15, 0.2) is 0 Å². The summed E-state index contributed by atoms with van der Waals surface area (Å²) >= 11 is 10.7. The molecule has 116 valence electrons. The van der Waals surface area contributed by atoms with Crippen molar-refractivity contribution in [2.24, 2.45) is 0 Å². The fraction of sp³-hybridized carbons (Fsp3) is 0.412. The molecule has 0 amide bonds. The van der Waals surface area contributed by atoms with Crippen LogP contribution in [0.2, 0.25) is 5.15 Å². The zero-order valence-corrected chi connectivity index (χ0v) is 14.5. The molecule has 2 heterocycles. The van der Waals surface area contributed by atoms with Gasteiger partial charge >= 0.3 is 0 Å². The Balaban J connectivity index is 2.65. The predicted octanol–water partition coefficient (Wildman–Crippen LogP) is 4.59. The normalized spacial score (nSPS) is 18.2. The zero-order valence-electron chi connectivity index (χ0n) is 12.9. The summed E-state index contributed by atoms with van der Waals surface area (Å²) in [6.07, 6.45) is 4.53. The van der Waals surface area contributed by atoms with Gasteiger partial charge in [-0.2, -0.15) is 17.9 Å². The minimum Gasteiger partial charge on any atom is -0.361 e. The molecule has 5 heteroatoms. The first-order chi connectivity index (χ1) is 10.7. The summed E-state index contributed by atoms with van der Waals surface area (Å²) in [6, 6.07) is 6.18. The molecule has 1 aliphatic heterocycles. The van der Waals surface area contributed by atoms with Gasteiger partial charge in [-0.3, -0.25) is 0 Å². The van der Waals surface area contributed by atoms with E-state index in [2.05, 4.69) is 42.8 Å². The van der Waals surface area contributed by atoms with Gasteiger partial charge in [-0.25, -0.2) is 4.98 Å². The van der Waals surface area contributed by atoms with E-state index in [1.165, 1.54) is 11.3 Å². The van der Waals surface area contributed by atoms with Crippen molar-refractivity contribution in [3.05, 3.63) is 51.6 Å². The molecule has 0 aromatic carbocycles. The lowest BCUT2D eigenvalue weighted by Crippen LogP contribution is -2.27. The molecule has 2 rings (SSSR count). The summed E-state index contributed by atoms with van der Waals surface area (Å²) in [5.74, 6) is 0.378. The Labute approximate surface area is 142 Å². The van der Waals surface area contributed by atoms with Crippen LogP contribution >= 0.6 is 24.2 Å². The van der Waals surface area contributed by atoms with Gasteiger partial charge in [-0.15, -0.1) is 0 Å². The largest absolute Gasteiger partial charge is 0.361 e. The zero-order chi connectivity index (χ0) is 16.1. The summed E-state index contributed by atoms with van der Waals surface area (Å²) in [7, 11) is 0. The number of pyridine rings is 1. The molecule has 3 nitrogen and oxygen atoms in total. The van der Waals surface area contributed by atoms with Gasteiger partial charge in [-0.05, 0) is 24.5 Å². The lowest BCUT2D eigenvalue weighted by Gasteiger charge is -2.31. The van der Waals surface area contributed by atoms with E-state index >= 15 is 0 Å². The number of nitrogens with one attached hydrogen (secondary N) is 1. The molecule has 1 atom stereocenters. The van der Waals surface area contributed by atoms with E-state index < -0.39 is 0 Å². The van der Waals surface area contributed by atoms with Crippen molar-refractivity contribution in [2.45, 2.75) is 39.0 Å². The average Bonchev–Trinajstić information content (AvgIpc) is 2.54. The fourth-order valence-electron chi connectivity index (χ4n) is 2.96. The molecule has 0 radical (unpaired) electrons. The van der Waals surface area contributed by atoms with Crippen molar-refractivity contribution < 1.29 is 0 Å². The lowest BCUT2D eigenvalue weighted by atomic mass is 9.79. The first kappa shape index (κ1) is 16.9. The summed E-state index contributed by atoms with van der Waals surface area (Å²) in [5, 5.41) is 13.6. The van der Waals surface area contributed by atoms with Crippen LogP contribution in [0.15, 0.2) is 40.9 Å². The number of hydrogen-bond acceptors (Lipinski definition) is 4. The van der Waals surface area contributed by atoms with Crippen molar-refractivity contribution in [1.82, 2.24) is 10.3 Å². The molecule has 22 heavy (non-hydrogen) atoms. The van der Waals surface area contributed by atoms with E-state index in [1.807, 2.05) is 12.1 Å². The Morgan fingerprint density at radius 3 is 2.73 bits per heavy atom. The average molecular weight is 334 g/mol. The molecule has 0 saturated heterocycles. The summed E-state index contributed by atoms with van der Waals surface area (Å²) in [6.45, 7) is 4.27. The lowest BCUT2D eigenvalue weighted by molar-refractivity contribution is 0.707. The third kappa shape index (κ3) is 3.16. The molecule has 1 aromatic heterocycles. The van der Waals surface area contributed by atoms with Gasteiger partial charge in [-0.1, -0.05) is 37.9 Å². The molecular formula is C17H20ClN3S. The standard InChI is InChI=1S/C17H20ClN3S/c1-3-6-14-11(4-2)16(12-7-5-8-20-17(12)18)13(9-19)15(10-22)21-14/h5,7-8,16,21-22H,3-4,6,10H2,1-2H3. The number of hydrogen-bond donors (Lipinski definition) is 2. The molecule has 0 bridgehead atoms. The van der Waals surface area contributed by atoms with E-state index in [9.17, 15) is 5.26 Å². The minimum atomic E-state index is -0.124. The Morgan fingerprint density at radius 1 is 1.41 bits per heavy atom. The maximum atomic E-state index is 9.68. The van der Waals surface area contributed by atoms with Crippen LogP contribution < -0.4 is 5.32 Å². The second-order valence-electron chi connectivity index (χ2n) is 5.21. The smallest absolute Gasteiger partial charge is 0.133 e. The highest BCUT2D eigenvalue weighted by atomic mass is 35.5. The fourth-order valence-corrected chi connectivity index (χ4v) is 3.43. The second-order valence-corrected chi connectivity index (χ2v) is 5.89. The Morgan fingerprint density at radius 2 is 2.18 bits per heavy atom. The number of thiol groups is 1. The summed E-state index contributed by atoms with van der Waals surface area (Å²) in [4.78, 5) is 4.19. The van der Waals surface area contributed by atoms with Crippen molar-refractivity contribution in [2.75, 3.05) is 5.75 Å². The SMILES string of the molecule is CCCC1=C(CC)C(c2cccnc2Cl)C(C#N)=C(CS)N1. The molecule has 0 aliphatic carbocycles. The monoisotopic (exact) mass is 333 g/mol. The highest BCUT2D eigenvalue weighted by molar-refractivity contribution is 7.80. The van der Waals surface area contributed by atoms with Crippen molar-refractivity contribution in [3.8, 4) is 6.07 Å². The summed E-state index contributed by atoms with van der Waals surface area (Å²) < 4.78 is 0. The number of rotatable bonds is 5. The summed E-state index contributed by atoms with van der Waals surface area (Å²) in [5.41, 5.74) is 4.88. The third-order valence-corrected chi connectivity index (χ3v) is 4.54. The van der Waals surface area contributed by atoms with Crippen LogP contribution in [-0.4, -0.2) is 10.7 Å². The highest BCUT2D eigenvalue weighted by Gasteiger charge is 2.31. The number of dihydropyridines is 1. The van der Waals surface area contributed by atoms with E-state index in [4.69, 9.17) is 11.6 Å². The molecule has 1 aromatic rings. The topological polar surface area (TPSA) is 48.7 Å². The van der Waals surface area contributed by atoms with Crippen LogP contribution in [0.5, 0.6) is 0 Å². The van der Waals surface area contributed by atoms with E-state index in [-0.39, 0.29) is 5.92 Å². The molecule has 0 saturated carbocycles. The second kappa shape index (κ2) is 7.71. The third-order valence-electron chi connectivity index (χ3n) is 3.91. The molecule has 1 unspecified atom stereocenters. The molecule has 0 fully saturated rings. The Bertz CT molecular complexity index is 658. The number of allylic oxidation sites excluding steroid dienone is 3. The van der Waals surface area contributed by atoms with Crippen molar-refractivity contribution in [1.29, 1.82) is 5.26 Å². The van der Waals surface area contributed by atoms with Crippen LogP contribution in [0.3, 0.4) is 0 Å². The quantitative estimate of drug-likeness (QED) is 0.612. The van der Waals surface area contributed by atoms with Crippen LogP contribution in [0, 0.1) is 11.3 Å². The molecule has 1 N–H and O–H groups in total. The van der Waals surface area contributed by atoms with E-state index in [0.717, 1.165) is 30.5 Å². The van der Waals surface area contributed by atoms with Gasteiger partial charge in [0.1, 0.15) is 5.15 Å². The van der Waals surface area contributed by atoms with E-state index in [1.54, 1.807) is 6.20 Å². The van der Waals surface area contributed by atoms with Crippen LogP contribution in [0.1, 0.15) is 44.6 Å². The minimum absolute atomic E-state index is 0.124.